The first-order chi connectivity index (χ1) is 12.1. The summed E-state index contributed by atoms with van der Waals surface area (Å²) in [6.45, 7) is 1.54. The van der Waals surface area contributed by atoms with Crippen molar-refractivity contribution in [2.24, 2.45) is 0 Å². The highest BCUT2D eigenvalue weighted by molar-refractivity contribution is 7.99. The lowest BCUT2D eigenvalue weighted by atomic mass is 10.2. The number of thioether (sulfide) groups is 1. The number of aromatic nitrogens is 2. The summed E-state index contributed by atoms with van der Waals surface area (Å²) in [5.74, 6) is 2.19. The van der Waals surface area contributed by atoms with Crippen LogP contribution in [0.5, 0.6) is 0 Å². The van der Waals surface area contributed by atoms with E-state index in [0.717, 1.165) is 31.4 Å². The normalized spacial score (nSPS) is 21.3. The van der Waals surface area contributed by atoms with Crippen molar-refractivity contribution in [2.45, 2.75) is 56.1 Å². The molecule has 1 aliphatic carbocycles. The molecule has 3 atom stereocenters. The number of ether oxygens (including phenoxy) is 1. The first-order valence-electron chi connectivity index (χ1n) is 8.68. The molecule has 1 heterocycles. The third-order valence-corrected chi connectivity index (χ3v) is 5.09. The standard InChI is InChI=1S/C16H28FN5O2S/c1-3-6-25-16-21-14(19-2)13(18)15(22-16)20-11-4-5-12(7-11)24-9-10(17)8-23/h10-12,23H,3-9,18H2,1-2H3,(H2,19,20,21,22). The molecule has 0 aliphatic heterocycles. The van der Waals surface area contributed by atoms with E-state index in [-0.39, 0.29) is 18.8 Å². The SMILES string of the molecule is CCCSc1nc(NC)c(N)c(NC2CCC(OCC(F)CO)C2)n1. The minimum absolute atomic E-state index is 0.0110. The monoisotopic (exact) mass is 373 g/mol. The van der Waals surface area contributed by atoms with Crippen molar-refractivity contribution < 1.29 is 14.2 Å². The molecule has 9 heteroatoms. The number of nitrogens with two attached hydrogens (primary N) is 1. The molecular weight excluding hydrogens is 345 g/mol. The van der Waals surface area contributed by atoms with Gasteiger partial charge < -0.3 is 26.2 Å². The van der Waals surface area contributed by atoms with Gasteiger partial charge in [0.2, 0.25) is 0 Å². The fraction of sp³-hybridized carbons (Fsp3) is 0.750. The maximum Gasteiger partial charge on any atom is 0.191 e. The summed E-state index contributed by atoms with van der Waals surface area (Å²) in [4.78, 5) is 8.96. The first kappa shape index (κ1) is 20.0. The second-order valence-corrected chi connectivity index (χ2v) is 7.17. The fourth-order valence-electron chi connectivity index (χ4n) is 2.72. The summed E-state index contributed by atoms with van der Waals surface area (Å²) in [6.07, 6.45) is 2.21. The van der Waals surface area contributed by atoms with Gasteiger partial charge in [0, 0.05) is 18.8 Å². The third-order valence-electron chi connectivity index (χ3n) is 4.03. The highest BCUT2D eigenvalue weighted by Crippen LogP contribution is 2.31. The molecule has 1 aromatic heterocycles. The zero-order chi connectivity index (χ0) is 18.2. The lowest BCUT2D eigenvalue weighted by molar-refractivity contribution is 0.00628. The Morgan fingerprint density at radius 2 is 2.16 bits per heavy atom. The molecule has 2 rings (SSSR count). The number of rotatable bonds is 10. The molecule has 142 valence electrons. The van der Waals surface area contributed by atoms with E-state index in [2.05, 4.69) is 27.5 Å². The van der Waals surface area contributed by atoms with Gasteiger partial charge in [-0.2, -0.15) is 0 Å². The number of aliphatic hydroxyl groups excluding tert-OH is 1. The van der Waals surface area contributed by atoms with Crippen molar-refractivity contribution >= 4 is 29.1 Å². The number of hydrogen-bond donors (Lipinski definition) is 4. The first-order valence-corrected chi connectivity index (χ1v) is 9.67. The van der Waals surface area contributed by atoms with Crippen molar-refractivity contribution in [3.05, 3.63) is 0 Å². The van der Waals surface area contributed by atoms with Crippen molar-refractivity contribution in [1.82, 2.24) is 9.97 Å². The molecule has 5 N–H and O–H groups in total. The third kappa shape index (κ3) is 5.86. The van der Waals surface area contributed by atoms with Crippen LogP contribution in [0.1, 0.15) is 32.6 Å². The van der Waals surface area contributed by atoms with Crippen LogP contribution in [0, 0.1) is 0 Å². The van der Waals surface area contributed by atoms with Gasteiger partial charge in [0.25, 0.3) is 0 Å². The summed E-state index contributed by atoms with van der Waals surface area (Å²) < 4.78 is 18.6. The van der Waals surface area contributed by atoms with E-state index in [1.54, 1.807) is 18.8 Å². The maximum atomic E-state index is 13.1. The van der Waals surface area contributed by atoms with Gasteiger partial charge >= 0.3 is 0 Å². The van der Waals surface area contributed by atoms with Gasteiger partial charge in [-0.3, -0.25) is 0 Å². The molecule has 0 bridgehead atoms. The van der Waals surface area contributed by atoms with Crippen molar-refractivity contribution in [2.75, 3.05) is 42.4 Å². The second-order valence-electron chi connectivity index (χ2n) is 6.11. The Bertz CT molecular complexity index is 552. The van der Waals surface area contributed by atoms with Crippen LogP contribution in [0.15, 0.2) is 5.16 Å². The number of aliphatic hydroxyl groups is 1. The molecule has 0 radical (unpaired) electrons. The minimum atomic E-state index is -1.32. The molecule has 1 aromatic rings. The van der Waals surface area contributed by atoms with Crippen LogP contribution < -0.4 is 16.4 Å². The van der Waals surface area contributed by atoms with Crippen LogP contribution in [0.2, 0.25) is 0 Å². The van der Waals surface area contributed by atoms with E-state index >= 15 is 0 Å². The minimum Gasteiger partial charge on any atom is -0.393 e. The van der Waals surface area contributed by atoms with Crippen LogP contribution in [0.3, 0.4) is 0 Å². The summed E-state index contributed by atoms with van der Waals surface area (Å²) in [6, 6.07) is 0.170. The smallest absolute Gasteiger partial charge is 0.191 e. The molecule has 0 saturated heterocycles. The van der Waals surface area contributed by atoms with Crippen LogP contribution in [0.4, 0.5) is 21.7 Å². The van der Waals surface area contributed by atoms with Crippen molar-refractivity contribution in [1.29, 1.82) is 0 Å². The molecule has 7 nitrogen and oxygen atoms in total. The van der Waals surface area contributed by atoms with Crippen LogP contribution in [0.25, 0.3) is 0 Å². The van der Waals surface area contributed by atoms with Crippen molar-refractivity contribution in [3.63, 3.8) is 0 Å². The summed E-state index contributed by atoms with van der Waals surface area (Å²) in [7, 11) is 1.78. The lowest BCUT2D eigenvalue weighted by Crippen LogP contribution is -2.23. The Balaban J connectivity index is 1.97. The Hall–Kier alpha value is -1.32. The predicted octanol–water partition coefficient (Wildman–Crippen LogP) is 2.28. The molecule has 3 unspecified atom stereocenters. The quantitative estimate of drug-likeness (QED) is 0.366. The largest absolute Gasteiger partial charge is 0.393 e. The Morgan fingerprint density at radius 3 is 2.84 bits per heavy atom. The van der Waals surface area contributed by atoms with E-state index in [4.69, 9.17) is 15.6 Å². The van der Waals surface area contributed by atoms with E-state index in [1.807, 2.05) is 0 Å². The topological polar surface area (TPSA) is 105 Å². The van der Waals surface area contributed by atoms with Crippen molar-refractivity contribution in [3.8, 4) is 0 Å². The number of halogens is 1. The molecule has 0 aromatic carbocycles. The number of alkyl halides is 1. The van der Waals surface area contributed by atoms with Gasteiger partial charge in [-0.15, -0.1) is 0 Å². The molecule has 0 amide bonds. The van der Waals surface area contributed by atoms with Crippen LogP contribution in [-0.2, 0) is 4.74 Å². The van der Waals surface area contributed by atoms with Gasteiger partial charge in [0.05, 0.1) is 19.3 Å². The van der Waals surface area contributed by atoms with Gasteiger partial charge in [-0.1, -0.05) is 18.7 Å². The highest BCUT2D eigenvalue weighted by Gasteiger charge is 2.27. The lowest BCUT2D eigenvalue weighted by Gasteiger charge is -2.18. The molecular formula is C16H28FN5O2S. The average molecular weight is 373 g/mol. The fourth-order valence-corrected chi connectivity index (χ4v) is 3.41. The number of nitrogens with zero attached hydrogens (tertiary/aromatic N) is 2. The zero-order valence-corrected chi connectivity index (χ0v) is 15.6. The molecule has 1 saturated carbocycles. The van der Waals surface area contributed by atoms with E-state index < -0.39 is 12.8 Å². The van der Waals surface area contributed by atoms with Gasteiger partial charge in [0.1, 0.15) is 11.9 Å². The van der Waals surface area contributed by atoms with Crippen LogP contribution >= 0.6 is 11.8 Å². The molecule has 0 spiro atoms. The average Bonchev–Trinajstić information content (AvgIpc) is 3.07. The molecule has 25 heavy (non-hydrogen) atoms. The maximum absolute atomic E-state index is 13.1. The second kappa shape index (κ2) is 9.98. The molecule has 1 fully saturated rings. The summed E-state index contributed by atoms with van der Waals surface area (Å²) in [5, 5.41) is 15.8. The summed E-state index contributed by atoms with van der Waals surface area (Å²) in [5.41, 5.74) is 6.65. The highest BCUT2D eigenvalue weighted by atomic mass is 32.2. The van der Waals surface area contributed by atoms with Gasteiger partial charge in [-0.05, 0) is 25.7 Å². The Morgan fingerprint density at radius 1 is 1.40 bits per heavy atom. The van der Waals surface area contributed by atoms with E-state index in [1.165, 1.54) is 0 Å². The Labute approximate surface area is 152 Å². The predicted molar refractivity (Wildman–Crippen MR) is 100.0 cm³/mol. The number of anilines is 3. The van der Waals surface area contributed by atoms with Crippen LogP contribution in [-0.4, -0.2) is 59.4 Å². The molecule has 1 aliphatic rings. The number of nitrogen functional groups attached to an aromatic ring is 1. The number of nitrogens with one attached hydrogen (secondary N) is 2. The summed E-state index contributed by atoms with van der Waals surface area (Å²) >= 11 is 1.60. The Kier molecular flexibility index (Phi) is 7.98. The van der Waals surface area contributed by atoms with E-state index in [9.17, 15) is 4.39 Å². The van der Waals surface area contributed by atoms with Gasteiger partial charge in [0.15, 0.2) is 16.8 Å². The zero-order valence-electron chi connectivity index (χ0n) is 14.8. The van der Waals surface area contributed by atoms with E-state index in [0.29, 0.717) is 22.5 Å². The van der Waals surface area contributed by atoms with Gasteiger partial charge in [-0.25, -0.2) is 14.4 Å². The number of hydrogen-bond acceptors (Lipinski definition) is 8.